The van der Waals surface area contributed by atoms with Gasteiger partial charge in [0.2, 0.25) is 5.91 Å². The van der Waals surface area contributed by atoms with Crippen LogP contribution in [0.4, 0.5) is 11.5 Å². The highest BCUT2D eigenvalue weighted by Gasteiger charge is 2.29. The summed E-state index contributed by atoms with van der Waals surface area (Å²) in [4.78, 5) is 29.8. The van der Waals surface area contributed by atoms with Crippen LogP contribution in [0.3, 0.4) is 0 Å². The summed E-state index contributed by atoms with van der Waals surface area (Å²) in [6.45, 7) is 1.83. The van der Waals surface area contributed by atoms with Crippen molar-refractivity contribution in [3.8, 4) is 0 Å². The fourth-order valence-corrected chi connectivity index (χ4v) is 4.58. The van der Waals surface area contributed by atoms with E-state index in [9.17, 15) is 19.4 Å². The predicted octanol–water partition coefficient (Wildman–Crippen LogP) is 2.34. The number of para-hydroxylation sites is 1. The summed E-state index contributed by atoms with van der Waals surface area (Å²) in [6, 6.07) is 9.48. The predicted molar refractivity (Wildman–Crippen MR) is 144 cm³/mol. The molecule has 1 amide bonds. The Balaban J connectivity index is 1.42. The molecule has 1 aromatic carbocycles. The van der Waals surface area contributed by atoms with Crippen molar-refractivity contribution in [1.29, 1.82) is 0 Å². The maximum absolute atomic E-state index is 12.8. The molecular formula is C25H32N5O8P. The monoisotopic (exact) mass is 561 g/mol. The number of aliphatic hydroxyl groups is 2. The summed E-state index contributed by atoms with van der Waals surface area (Å²) in [5.74, 6) is 0.792. The number of likely N-dealkylation sites (N-methyl/N-ethyl adjacent to an activating group) is 1. The summed E-state index contributed by atoms with van der Waals surface area (Å²) in [5, 5.41) is 23.5. The molecule has 2 aromatic heterocycles. The lowest BCUT2D eigenvalue weighted by Crippen LogP contribution is -2.37. The Hall–Kier alpha value is -3.29. The van der Waals surface area contributed by atoms with Gasteiger partial charge in [0, 0.05) is 49.8 Å². The van der Waals surface area contributed by atoms with Crippen molar-refractivity contribution in [2.24, 2.45) is 0 Å². The van der Waals surface area contributed by atoms with Crippen LogP contribution in [0.25, 0.3) is 17.0 Å². The lowest BCUT2D eigenvalue weighted by atomic mass is 10.1. The molecule has 14 heteroatoms. The molecule has 0 saturated carbocycles. The van der Waals surface area contributed by atoms with Crippen LogP contribution >= 0.6 is 7.82 Å². The molecule has 3 aromatic rings. The van der Waals surface area contributed by atoms with Crippen molar-refractivity contribution in [1.82, 2.24) is 15.4 Å². The van der Waals surface area contributed by atoms with Gasteiger partial charge in [0.25, 0.3) is 0 Å². The second-order valence-corrected chi connectivity index (χ2v) is 10.3. The molecule has 0 radical (unpaired) electrons. The van der Waals surface area contributed by atoms with Gasteiger partial charge in [-0.25, -0.2) is 9.55 Å². The highest BCUT2D eigenvalue weighted by Crippen LogP contribution is 2.43. The minimum absolute atomic E-state index is 0.0668. The van der Waals surface area contributed by atoms with Crippen molar-refractivity contribution >= 4 is 42.3 Å². The van der Waals surface area contributed by atoms with E-state index >= 15 is 0 Å². The first-order valence-corrected chi connectivity index (χ1v) is 13.8. The third kappa shape index (κ3) is 7.22. The molecule has 13 nitrogen and oxygen atoms in total. The van der Waals surface area contributed by atoms with Gasteiger partial charge in [0.05, 0.1) is 18.8 Å². The Morgan fingerprint density at radius 2 is 2.21 bits per heavy atom. The second kappa shape index (κ2) is 12.7. The molecule has 0 aliphatic carbocycles. The van der Waals surface area contributed by atoms with E-state index in [1.54, 1.807) is 24.1 Å². The molecule has 210 valence electrons. The molecule has 0 bridgehead atoms. The highest BCUT2D eigenvalue weighted by molar-refractivity contribution is 7.47. The molecule has 3 heterocycles. The molecule has 2 atom stereocenters. The van der Waals surface area contributed by atoms with Crippen LogP contribution < -0.4 is 15.7 Å². The minimum Gasteiger partial charge on any atom is -0.459 e. The fraction of sp³-hybridized carbons (Fsp3) is 0.360. The number of anilines is 2. The SMILES string of the molecule is Cc1c(CN(C)C(=O)/C=C/c2cnc3c(c2)NCCC(O)N3COP(=O)(O)ONCCO)oc2ccccc12. The molecule has 4 rings (SSSR count). The fourth-order valence-electron chi connectivity index (χ4n) is 4.00. The average Bonchev–Trinajstić information content (AvgIpc) is 3.13. The van der Waals surface area contributed by atoms with Crippen LogP contribution in [0.15, 0.2) is 47.0 Å². The number of furan rings is 1. The topological polar surface area (TPSA) is 170 Å². The number of aryl methyl sites for hydroxylation is 1. The number of pyridine rings is 1. The smallest absolute Gasteiger partial charge is 0.459 e. The van der Waals surface area contributed by atoms with E-state index in [1.807, 2.05) is 31.2 Å². The van der Waals surface area contributed by atoms with Crippen LogP contribution in [-0.4, -0.2) is 70.6 Å². The molecule has 0 fully saturated rings. The number of amides is 1. The van der Waals surface area contributed by atoms with Crippen LogP contribution in [0.5, 0.6) is 0 Å². The van der Waals surface area contributed by atoms with Gasteiger partial charge in [-0.1, -0.05) is 18.2 Å². The number of carbonyl (C=O) groups excluding carboxylic acids is 1. The Labute approximate surface area is 225 Å². The Bertz CT molecular complexity index is 1380. The maximum Gasteiger partial charge on any atom is 0.490 e. The van der Waals surface area contributed by atoms with Crippen LogP contribution in [0, 0.1) is 6.92 Å². The van der Waals surface area contributed by atoms with Gasteiger partial charge in [-0.15, -0.1) is 0 Å². The Kier molecular flexibility index (Phi) is 9.36. The average molecular weight is 562 g/mol. The Morgan fingerprint density at radius 1 is 1.41 bits per heavy atom. The van der Waals surface area contributed by atoms with Crippen molar-refractivity contribution in [3.05, 3.63) is 59.5 Å². The zero-order valence-corrected chi connectivity index (χ0v) is 22.5. The van der Waals surface area contributed by atoms with Crippen molar-refractivity contribution in [2.75, 3.05) is 43.7 Å². The molecule has 2 unspecified atom stereocenters. The molecule has 39 heavy (non-hydrogen) atoms. The van der Waals surface area contributed by atoms with E-state index in [-0.39, 0.29) is 25.5 Å². The number of fused-ring (bicyclic) bond motifs is 2. The molecular weight excluding hydrogens is 529 g/mol. The third-order valence-electron chi connectivity index (χ3n) is 6.11. The number of nitrogens with zero attached hydrogens (tertiary/aromatic N) is 3. The van der Waals surface area contributed by atoms with Gasteiger partial charge >= 0.3 is 7.82 Å². The Morgan fingerprint density at radius 3 is 2.97 bits per heavy atom. The number of aliphatic hydroxyl groups excluding tert-OH is 2. The first-order valence-electron chi connectivity index (χ1n) is 12.3. The zero-order valence-electron chi connectivity index (χ0n) is 21.6. The maximum atomic E-state index is 12.8. The number of carbonyl (C=O) groups is 1. The van der Waals surface area contributed by atoms with Crippen LogP contribution in [0.2, 0.25) is 0 Å². The number of nitrogens with one attached hydrogen (secondary N) is 2. The van der Waals surface area contributed by atoms with E-state index in [0.29, 0.717) is 30.2 Å². The highest BCUT2D eigenvalue weighted by atomic mass is 31.2. The first kappa shape index (κ1) is 28.7. The quantitative estimate of drug-likeness (QED) is 0.100. The van der Waals surface area contributed by atoms with Crippen molar-refractivity contribution in [3.63, 3.8) is 0 Å². The van der Waals surface area contributed by atoms with Crippen molar-refractivity contribution < 1.29 is 38.0 Å². The number of hydrogen-bond acceptors (Lipinski definition) is 11. The summed E-state index contributed by atoms with van der Waals surface area (Å²) >= 11 is 0. The number of benzene rings is 1. The van der Waals surface area contributed by atoms with E-state index < -0.39 is 20.8 Å². The minimum atomic E-state index is -4.50. The summed E-state index contributed by atoms with van der Waals surface area (Å²) in [6.07, 6.45) is 3.82. The van der Waals surface area contributed by atoms with Gasteiger partial charge in [0.1, 0.15) is 24.3 Å². The molecule has 0 saturated heterocycles. The number of hydrogen-bond donors (Lipinski definition) is 5. The van der Waals surface area contributed by atoms with Gasteiger partial charge < -0.3 is 34.6 Å². The number of aromatic nitrogens is 1. The molecule has 1 aliphatic heterocycles. The van der Waals surface area contributed by atoms with Gasteiger partial charge in [-0.3, -0.25) is 9.32 Å². The van der Waals surface area contributed by atoms with Crippen LogP contribution in [0.1, 0.15) is 23.3 Å². The second-order valence-electron chi connectivity index (χ2n) is 8.92. The van der Waals surface area contributed by atoms with E-state index in [4.69, 9.17) is 14.0 Å². The van der Waals surface area contributed by atoms with Gasteiger partial charge in [-0.05, 0) is 30.7 Å². The van der Waals surface area contributed by atoms with E-state index in [0.717, 1.165) is 22.3 Å². The zero-order chi connectivity index (χ0) is 28.0. The number of hydroxylamine groups is 1. The lowest BCUT2D eigenvalue weighted by molar-refractivity contribution is -0.125. The molecule has 0 spiro atoms. The molecule has 1 aliphatic rings. The number of rotatable bonds is 11. The number of phosphoric ester groups is 1. The van der Waals surface area contributed by atoms with Crippen LogP contribution in [-0.2, 0) is 25.1 Å². The summed E-state index contributed by atoms with van der Waals surface area (Å²) in [7, 11) is -2.81. The third-order valence-corrected chi connectivity index (χ3v) is 6.91. The largest absolute Gasteiger partial charge is 0.490 e. The van der Waals surface area contributed by atoms with E-state index in [2.05, 4.69) is 20.4 Å². The first-order chi connectivity index (χ1) is 18.7. The van der Waals surface area contributed by atoms with Gasteiger partial charge in [-0.2, -0.15) is 10.1 Å². The normalized spacial score (nSPS) is 17.1. The van der Waals surface area contributed by atoms with Gasteiger partial charge in [0.15, 0.2) is 5.82 Å². The van der Waals surface area contributed by atoms with E-state index in [1.165, 1.54) is 17.2 Å². The molecule has 5 N–H and O–H groups in total. The standard InChI is InChI=1S/C25H32N5O8P/c1-17-19-5-3-4-6-21(19)37-22(17)15-29(2)23(32)8-7-18-13-20-25(27-14-18)30(24(33)9-10-26-20)16-36-39(34,35)38-28-11-12-31/h3-8,13-14,24,26,28,31,33H,9-12,15-16H2,1-2H3,(H,34,35)/b8-7+. The van der Waals surface area contributed by atoms with Crippen molar-refractivity contribution in [2.45, 2.75) is 26.1 Å². The summed E-state index contributed by atoms with van der Waals surface area (Å²) in [5.41, 5.74) is 5.08. The number of phosphoric acid groups is 1. The summed E-state index contributed by atoms with van der Waals surface area (Å²) < 4.78 is 27.5. The lowest BCUT2D eigenvalue weighted by Gasteiger charge is -2.28.